The molecular formula is C17H22ClN5OS. The van der Waals surface area contributed by atoms with Crippen LogP contribution in [-0.4, -0.2) is 61.5 Å². The minimum atomic E-state index is 0.479. The predicted octanol–water partition coefficient (Wildman–Crippen LogP) is 3.36. The van der Waals surface area contributed by atoms with E-state index < -0.39 is 0 Å². The maximum Gasteiger partial charge on any atom is 0.230 e. The highest BCUT2D eigenvalue weighted by Gasteiger charge is 2.21. The molecule has 0 radical (unpaired) electrons. The Labute approximate surface area is 157 Å². The highest BCUT2D eigenvalue weighted by molar-refractivity contribution is 7.98. The van der Waals surface area contributed by atoms with E-state index in [1.54, 1.807) is 18.9 Å². The van der Waals surface area contributed by atoms with Crippen LogP contribution in [0.3, 0.4) is 0 Å². The van der Waals surface area contributed by atoms with Crippen molar-refractivity contribution in [3.8, 4) is 5.75 Å². The van der Waals surface area contributed by atoms with Gasteiger partial charge in [-0.15, -0.1) is 11.8 Å². The molecule has 0 atom stereocenters. The smallest absolute Gasteiger partial charge is 0.230 e. The molecule has 1 N–H and O–H groups in total. The molecule has 0 amide bonds. The Hall–Kier alpha value is -1.70. The van der Waals surface area contributed by atoms with Crippen LogP contribution in [0.4, 0.5) is 17.5 Å². The average Bonchev–Trinajstić information content (AvgIpc) is 2.62. The van der Waals surface area contributed by atoms with Crippen LogP contribution >= 0.6 is 23.4 Å². The largest absolute Gasteiger partial charge is 0.497 e. The third kappa shape index (κ3) is 4.29. The zero-order valence-corrected chi connectivity index (χ0v) is 16.2. The number of hydrogen-bond donors (Lipinski definition) is 1. The standard InChI is InChI=1S/C17H22ClN5OS/c1-22-8-10-23(11-9-22)16-14(25-3)15(18)20-17(21-16)19-12-4-6-13(24-2)7-5-12/h4-7H,8-11H2,1-3H3,(H,19,20,21). The van der Waals surface area contributed by atoms with Gasteiger partial charge in [-0.05, 0) is 37.6 Å². The van der Waals surface area contributed by atoms with Gasteiger partial charge in [-0.3, -0.25) is 0 Å². The summed E-state index contributed by atoms with van der Waals surface area (Å²) in [5.41, 5.74) is 0.887. The summed E-state index contributed by atoms with van der Waals surface area (Å²) in [6.45, 7) is 3.88. The van der Waals surface area contributed by atoms with Crippen LogP contribution in [0, 0.1) is 0 Å². The van der Waals surface area contributed by atoms with Gasteiger partial charge in [0.25, 0.3) is 0 Å². The van der Waals surface area contributed by atoms with Crippen LogP contribution in [0.2, 0.25) is 5.15 Å². The number of nitrogens with zero attached hydrogens (tertiary/aromatic N) is 4. The minimum Gasteiger partial charge on any atom is -0.497 e. The topological polar surface area (TPSA) is 53.5 Å². The number of methoxy groups -OCH3 is 1. The van der Waals surface area contributed by atoms with Gasteiger partial charge < -0.3 is 19.9 Å². The number of anilines is 3. The highest BCUT2D eigenvalue weighted by Crippen LogP contribution is 2.34. The van der Waals surface area contributed by atoms with Crippen molar-refractivity contribution >= 4 is 40.8 Å². The van der Waals surface area contributed by atoms with Crippen LogP contribution in [0.1, 0.15) is 0 Å². The fourth-order valence-electron chi connectivity index (χ4n) is 2.68. The third-order valence-corrected chi connectivity index (χ3v) is 5.33. The number of benzene rings is 1. The van der Waals surface area contributed by atoms with E-state index in [2.05, 4.69) is 27.1 Å². The molecule has 2 heterocycles. The number of hydrogen-bond acceptors (Lipinski definition) is 7. The first-order valence-corrected chi connectivity index (χ1v) is 9.67. The van der Waals surface area contributed by atoms with Crippen LogP contribution < -0.4 is 15.0 Å². The molecule has 1 saturated heterocycles. The van der Waals surface area contributed by atoms with E-state index in [-0.39, 0.29) is 0 Å². The lowest BCUT2D eigenvalue weighted by Crippen LogP contribution is -2.45. The van der Waals surface area contributed by atoms with Gasteiger partial charge in [-0.2, -0.15) is 9.97 Å². The number of piperazine rings is 1. The number of ether oxygens (including phenoxy) is 1. The summed E-state index contributed by atoms with van der Waals surface area (Å²) in [4.78, 5) is 14.7. The highest BCUT2D eigenvalue weighted by atomic mass is 35.5. The Morgan fingerprint density at radius 3 is 2.40 bits per heavy atom. The molecule has 0 aliphatic carbocycles. The minimum absolute atomic E-state index is 0.479. The third-order valence-electron chi connectivity index (χ3n) is 4.16. The fraction of sp³-hybridized carbons (Fsp3) is 0.412. The summed E-state index contributed by atoms with van der Waals surface area (Å²) in [7, 11) is 3.78. The molecule has 1 aromatic carbocycles. The summed E-state index contributed by atoms with van der Waals surface area (Å²) in [5.74, 6) is 2.21. The quantitative estimate of drug-likeness (QED) is 0.631. The molecule has 1 aromatic heterocycles. The van der Waals surface area contributed by atoms with Gasteiger partial charge in [0.15, 0.2) is 0 Å². The zero-order valence-electron chi connectivity index (χ0n) is 14.6. The molecule has 8 heteroatoms. The van der Waals surface area contributed by atoms with Gasteiger partial charge in [0, 0.05) is 31.9 Å². The Morgan fingerprint density at radius 1 is 1.12 bits per heavy atom. The first-order chi connectivity index (χ1) is 12.1. The van der Waals surface area contributed by atoms with E-state index in [1.807, 2.05) is 30.5 Å². The van der Waals surface area contributed by atoms with Crippen molar-refractivity contribution in [1.82, 2.24) is 14.9 Å². The van der Waals surface area contributed by atoms with Gasteiger partial charge in [-0.25, -0.2) is 0 Å². The number of likely N-dealkylation sites (N-methyl/N-ethyl adjacent to an activating group) is 1. The lowest BCUT2D eigenvalue weighted by Gasteiger charge is -2.34. The van der Waals surface area contributed by atoms with Crippen molar-refractivity contribution in [2.24, 2.45) is 0 Å². The maximum atomic E-state index is 6.43. The summed E-state index contributed by atoms with van der Waals surface area (Å²) in [6, 6.07) is 7.63. The van der Waals surface area contributed by atoms with E-state index >= 15 is 0 Å². The molecule has 1 fully saturated rings. The second-order valence-electron chi connectivity index (χ2n) is 5.84. The first-order valence-electron chi connectivity index (χ1n) is 8.07. The van der Waals surface area contributed by atoms with Crippen LogP contribution in [0.15, 0.2) is 29.2 Å². The molecule has 0 saturated carbocycles. The Kier molecular flexibility index (Phi) is 5.88. The fourth-order valence-corrected chi connectivity index (χ4v) is 3.65. The van der Waals surface area contributed by atoms with Gasteiger partial charge in [0.1, 0.15) is 16.7 Å². The SMILES string of the molecule is COc1ccc(Nc2nc(Cl)c(SC)c(N3CCN(C)CC3)n2)cc1. The maximum absolute atomic E-state index is 6.43. The van der Waals surface area contributed by atoms with E-state index in [0.29, 0.717) is 11.1 Å². The van der Waals surface area contributed by atoms with Gasteiger partial charge in [-0.1, -0.05) is 11.6 Å². The van der Waals surface area contributed by atoms with Crippen molar-refractivity contribution in [2.45, 2.75) is 4.90 Å². The summed E-state index contributed by atoms with van der Waals surface area (Å²) in [5, 5.41) is 3.71. The van der Waals surface area contributed by atoms with E-state index in [0.717, 1.165) is 48.3 Å². The molecule has 25 heavy (non-hydrogen) atoms. The Balaban J connectivity index is 1.87. The zero-order chi connectivity index (χ0) is 17.8. The molecule has 6 nitrogen and oxygen atoms in total. The predicted molar refractivity (Wildman–Crippen MR) is 105 cm³/mol. The molecule has 3 rings (SSSR count). The number of nitrogens with one attached hydrogen (secondary N) is 1. The molecule has 0 bridgehead atoms. The molecule has 134 valence electrons. The van der Waals surface area contributed by atoms with Crippen molar-refractivity contribution < 1.29 is 4.74 Å². The molecular weight excluding hydrogens is 358 g/mol. The molecule has 1 aliphatic heterocycles. The molecule has 0 unspecified atom stereocenters. The van der Waals surface area contributed by atoms with Gasteiger partial charge in [0.05, 0.1) is 12.0 Å². The molecule has 2 aromatic rings. The lowest BCUT2D eigenvalue weighted by atomic mass is 10.3. The lowest BCUT2D eigenvalue weighted by molar-refractivity contribution is 0.311. The van der Waals surface area contributed by atoms with Crippen LogP contribution in [0.25, 0.3) is 0 Å². The number of thioether (sulfide) groups is 1. The monoisotopic (exact) mass is 379 g/mol. The van der Waals surface area contributed by atoms with Gasteiger partial charge in [0.2, 0.25) is 5.95 Å². The second-order valence-corrected chi connectivity index (χ2v) is 7.01. The van der Waals surface area contributed by atoms with E-state index in [1.165, 1.54) is 0 Å². The van der Waals surface area contributed by atoms with E-state index in [4.69, 9.17) is 21.3 Å². The second kappa shape index (κ2) is 8.12. The number of rotatable bonds is 5. The van der Waals surface area contributed by atoms with Crippen LogP contribution in [0.5, 0.6) is 5.75 Å². The first kappa shape index (κ1) is 18.1. The number of aromatic nitrogens is 2. The van der Waals surface area contributed by atoms with Crippen molar-refractivity contribution in [1.29, 1.82) is 0 Å². The summed E-state index contributed by atoms with van der Waals surface area (Å²) >= 11 is 8.01. The van der Waals surface area contributed by atoms with Crippen molar-refractivity contribution in [2.75, 3.05) is 56.8 Å². The molecule has 1 aliphatic rings. The van der Waals surface area contributed by atoms with Gasteiger partial charge >= 0.3 is 0 Å². The number of halogens is 1. The van der Waals surface area contributed by atoms with E-state index in [9.17, 15) is 0 Å². The Bertz CT molecular complexity index is 720. The van der Waals surface area contributed by atoms with Crippen molar-refractivity contribution in [3.05, 3.63) is 29.4 Å². The average molecular weight is 380 g/mol. The molecule has 0 spiro atoms. The van der Waals surface area contributed by atoms with Crippen molar-refractivity contribution in [3.63, 3.8) is 0 Å². The summed E-state index contributed by atoms with van der Waals surface area (Å²) in [6.07, 6.45) is 2.00. The van der Waals surface area contributed by atoms with Crippen LogP contribution in [-0.2, 0) is 0 Å². The normalized spacial score (nSPS) is 15.3. The Morgan fingerprint density at radius 2 is 1.80 bits per heavy atom. The summed E-state index contributed by atoms with van der Waals surface area (Å²) < 4.78 is 5.18.